The van der Waals surface area contributed by atoms with Crippen molar-refractivity contribution in [2.75, 3.05) is 0 Å². The van der Waals surface area contributed by atoms with Gasteiger partial charge in [-0.3, -0.25) is 0 Å². The van der Waals surface area contributed by atoms with Crippen LogP contribution in [0.4, 0.5) is 0 Å². The van der Waals surface area contributed by atoms with Gasteiger partial charge in [-0.2, -0.15) is 5.26 Å². The maximum atomic E-state index is 8.90. The average molecular weight is 267 g/mol. The second-order valence-corrected chi connectivity index (χ2v) is 4.90. The van der Waals surface area contributed by atoms with Crippen molar-refractivity contribution >= 4 is 11.3 Å². The van der Waals surface area contributed by atoms with Gasteiger partial charge in [-0.1, -0.05) is 18.2 Å². The molecule has 3 aromatic rings. The molecule has 0 aliphatic heterocycles. The minimum atomic E-state index is 0.551. The largest absolute Gasteiger partial charge is 0.220 e. The number of hydrogen-bond donors (Lipinski definition) is 0. The van der Waals surface area contributed by atoms with Gasteiger partial charge >= 0.3 is 0 Å². The van der Waals surface area contributed by atoms with E-state index in [0.29, 0.717) is 12.1 Å². The summed E-state index contributed by atoms with van der Waals surface area (Å²) >= 11 is 1.60. The highest BCUT2D eigenvalue weighted by atomic mass is 32.1. The van der Waals surface area contributed by atoms with E-state index in [4.69, 9.17) is 5.26 Å². The molecule has 0 saturated carbocycles. The normalized spacial score (nSPS) is 10.3. The predicted molar refractivity (Wildman–Crippen MR) is 71.4 cm³/mol. The summed E-state index contributed by atoms with van der Waals surface area (Å²) in [6.07, 6.45) is 0. The van der Waals surface area contributed by atoms with Gasteiger partial charge in [0.15, 0.2) is 5.82 Å². The maximum absolute atomic E-state index is 8.90. The Bertz CT molecular complexity index is 724. The van der Waals surface area contributed by atoms with Crippen LogP contribution in [-0.4, -0.2) is 20.2 Å². The molecule has 0 fully saturated rings. The lowest BCUT2D eigenvalue weighted by Crippen LogP contribution is -2.04. The van der Waals surface area contributed by atoms with Crippen LogP contribution in [0.3, 0.4) is 0 Å². The Balaban J connectivity index is 1.92. The number of nitrogens with zero attached hydrogens (tertiary/aromatic N) is 5. The molecule has 1 aromatic carbocycles. The molecule has 0 aliphatic carbocycles. The third-order valence-corrected chi connectivity index (χ3v) is 3.53. The fourth-order valence-electron chi connectivity index (χ4n) is 1.81. The summed E-state index contributed by atoms with van der Waals surface area (Å²) in [4.78, 5) is 1.03. The van der Waals surface area contributed by atoms with Gasteiger partial charge in [-0.25, -0.2) is 4.68 Å². The minimum Gasteiger partial charge on any atom is -0.220 e. The zero-order valence-electron chi connectivity index (χ0n) is 9.89. The Morgan fingerprint density at radius 1 is 1.26 bits per heavy atom. The summed E-state index contributed by atoms with van der Waals surface area (Å²) in [7, 11) is 0. The van der Waals surface area contributed by atoms with E-state index in [1.165, 1.54) is 0 Å². The van der Waals surface area contributed by atoms with Crippen LogP contribution in [0.2, 0.25) is 0 Å². The minimum absolute atomic E-state index is 0.551. The number of aromatic nitrogens is 4. The van der Waals surface area contributed by atoms with Crippen molar-refractivity contribution in [1.29, 1.82) is 5.26 Å². The lowest BCUT2D eigenvalue weighted by atomic mass is 10.1. The van der Waals surface area contributed by atoms with E-state index >= 15 is 0 Å². The molecule has 92 valence electrons. The highest BCUT2D eigenvalue weighted by Gasteiger charge is 2.10. The van der Waals surface area contributed by atoms with Gasteiger partial charge in [0.2, 0.25) is 0 Å². The van der Waals surface area contributed by atoms with Gasteiger partial charge in [0, 0.05) is 0 Å². The van der Waals surface area contributed by atoms with E-state index in [0.717, 1.165) is 16.3 Å². The summed E-state index contributed by atoms with van der Waals surface area (Å²) in [5.74, 6) is 0.748. The first-order valence-corrected chi connectivity index (χ1v) is 6.54. The van der Waals surface area contributed by atoms with Gasteiger partial charge in [0.1, 0.15) is 0 Å². The lowest BCUT2D eigenvalue weighted by molar-refractivity contribution is 0.654. The van der Waals surface area contributed by atoms with E-state index in [9.17, 15) is 0 Å². The molecule has 5 nitrogen and oxygen atoms in total. The molecular formula is C13H9N5S. The summed E-state index contributed by atoms with van der Waals surface area (Å²) in [5.41, 5.74) is 1.65. The first-order valence-electron chi connectivity index (χ1n) is 5.66. The predicted octanol–water partition coefficient (Wildman–Crippen LogP) is 2.32. The van der Waals surface area contributed by atoms with Gasteiger partial charge in [-0.15, -0.1) is 16.4 Å². The summed E-state index contributed by atoms with van der Waals surface area (Å²) in [5, 5.41) is 22.7. The van der Waals surface area contributed by atoms with Gasteiger partial charge in [0.25, 0.3) is 0 Å². The van der Waals surface area contributed by atoms with Crippen LogP contribution in [0.1, 0.15) is 11.1 Å². The van der Waals surface area contributed by atoms with Crippen molar-refractivity contribution in [2.24, 2.45) is 0 Å². The van der Waals surface area contributed by atoms with Crippen LogP contribution in [0.15, 0.2) is 41.8 Å². The third kappa shape index (κ3) is 2.37. The van der Waals surface area contributed by atoms with Crippen LogP contribution >= 0.6 is 11.3 Å². The number of benzene rings is 1. The van der Waals surface area contributed by atoms with Crippen molar-refractivity contribution in [3.63, 3.8) is 0 Å². The zero-order chi connectivity index (χ0) is 13.1. The first kappa shape index (κ1) is 11.6. The summed E-state index contributed by atoms with van der Waals surface area (Å²) in [6, 6.07) is 13.5. The SMILES string of the molecule is N#Cc1cccc(Cn2nnnc2-c2cccs2)c1. The smallest absolute Gasteiger partial charge is 0.192 e. The molecule has 0 saturated heterocycles. The molecular weight excluding hydrogens is 258 g/mol. The molecule has 0 radical (unpaired) electrons. The quantitative estimate of drug-likeness (QED) is 0.730. The first-order chi connectivity index (χ1) is 9.36. The fraction of sp³-hybridized carbons (Fsp3) is 0.0769. The standard InChI is InChI=1S/C13H9N5S/c14-8-10-3-1-4-11(7-10)9-18-13(15-16-17-18)12-5-2-6-19-12/h1-7H,9H2. The van der Waals surface area contributed by atoms with Gasteiger partial charge in [-0.05, 0) is 39.6 Å². The van der Waals surface area contributed by atoms with Crippen LogP contribution in [0.5, 0.6) is 0 Å². The Morgan fingerprint density at radius 2 is 2.21 bits per heavy atom. The fourth-order valence-corrected chi connectivity index (χ4v) is 2.52. The number of rotatable bonds is 3. The van der Waals surface area contributed by atoms with Crippen molar-refractivity contribution in [3.8, 4) is 16.8 Å². The highest BCUT2D eigenvalue weighted by Crippen LogP contribution is 2.22. The second kappa shape index (κ2) is 5.00. The van der Waals surface area contributed by atoms with E-state index in [2.05, 4.69) is 21.6 Å². The number of thiophene rings is 1. The van der Waals surface area contributed by atoms with Crippen LogP contribution in [0.25, 0.3) is 10.7 Å². The molecule has 0 spiro atoms. The zero-order valence-corrected chi connectivity index (χ0v) is 10.7. The van der Waals surface area contributed by atoms with E-state index < -0.39 is 0 Å². The maximum Gasteiger partial charge on any atom is 0.192 e. The van der Waals surface area contributed by atoms with E-state index in [1.807, 2.05) is 35.7 Å². The molecule has 19 heavy (non-hydrogen) atoms. The van der Waals surface area contributed by atoms with Crippen molar-refractivity contribution in [1.82, 2.24) is 20.2 Å². The lowest BCUT2D eigenvalue weighted by Gasteiger charge is -2.03. The van der Waals surface area contributed by atoms with Gasteiger partial charge < -0.3 is 0 Å². The topological polar surface area (TPSA) is 67.4 Å². The Labute approximate surface area is 113 Å². The summed E-state index contributed by atoms with van der Waals surface area (Å²) < 4.78 is 1.74. The molecule has 2 heterocycles. The van der Waals surface area contributed by atoms with Crippen LogP contribution in [0, 0.1) is 11.3 Å². The van der Waals surface area contributed by atoms with Crippen molar-refractivity contribution in [2.45, 2.75) is 6.54 Å². The third-order valence-electron chi connectivity index (χ3n) is 2.66. The molecule has 0 amide bonds. The monoisotopic (exact) mass is 267 g/mol. The highest BCUT2D eigenvalue weighted by molar-refractivity contribution is 7.13. The number of hydrogen-bond acceptors (Lipinski definition) is 5. The molecule has 2 aromatic heterocycles. The number of nitriles is 1. The average Bonchev–Trinajstić information content (AvgIpc) is 3.09. The van der Waals surface area contributed by atoms with Crippen molar-refractivity contribution < 1.29 is 0 Å². The van der Waals surface area contributed by atoms with Crippen molar-refractivity contribution in [3.05, 3.63) is 52.9 Å². The Morgan fingerprint density at radius 3 is 3.00 bits per heavy atom. The van der Waals surface area contributed by atoms with Gasteiger partial charge in [0.05, 0.1) is 23.1 Å². The van der Waals surface area contributed by atoms with E-state index in [1.54, 1.807) is 22.1 Å². The van der Waals surface area contributed by atoms with E-state index in [-0.39, 0.29) is 0 Å². The van der Waals surface area contributed by atoms with Crippen LogP contribution in [-0.2, 0) is 6.54 Å². The molecule has 0 bridgehead atoms. The number of tetrazole rings is 1. The summed E-state index contributed by atoms with van der Waals surface area (Å²) in [6.45, 7) is 0.551. The second-order valence-electron chi connectivity index (χ2n) is 3.95. The molecule has 0 aliphatic rings. The Hall–Kier alpha value is -2.52. The molecule has 0 atom stereocenters. The molecule has 3 rings (SSSR count). The Kier molecular flexibility index (Phi) is 3.04. The molecule has 0 unspecified atom stereocenters. The molecule has 6 heteroatoms. The molecule has 0 N–H and O–H groups in total. The van der Waals surface area contributed by atoms with Crippen LogP contribution < -0.4 is 0 Å².